The summed E-state index contributed by atoms with van der Waals surface area (Å²) in [5.41, 5.74) is 1.07. The van der Waals surface area contributed by atoms with Gasteiger partial charge in [0.1, 0.15) is 0 Å². The summed E-state index contributed by atoms with van der Waals surface area (Å²) < 4.78 is 0. The van der Waals surface area contributed by atoms with Crippen molar-refractivity contribution in [3.05, 3.63) is 30.1 Å². The Balaban J connectivity index is 2.05. The SMILES string of the molecule is CCN1CCC(C#N)(Cc2ccncc2)CC1. The average molecular weight is 229 g/mol. The first-order valence-electron chi connectivity index (χ1n) is 6.30. The normalized spacial score (nSPS) is 19.8. The number of rotatable bonds is 3. The van der Waals surface area contributed by atoms with Gasteiger partial charge in [-0.1, -0.05) is 6.92 Å². The molecular formula is C14H19N3. The summed E-state index contributed by atoms with van der Waals surface area (Å²) >= 11 is 0. The predicted molar refractivity (Wildman–Crippen MR) is 67.3 cm³/mol. The van der Waals surface area contributed by atoms with Crippen LogP contribution in [-0.4, -0.2) is 29.5 Å². The third kappa shape index (κ3) is 2.83. The van der Waals surface area contributed by atoms with Crippen LogP contribution in [-0.2, 0) is 6.42 Å². The Kier molecular flexibility index (Phi) is 3.75. The van der Waals surface area contributed by atoms with Gasteiger partial charge in [0.05, 0.1) is 11.5 Å². The van der Waals surface area contributed by atoms with E-state index in [9.17, 15) is 5.26 Å². The first-order valence-corrected chi connectivity index (χ1v) is 6.30. The highest BCUT2D eigenvalue weighted by Crippen LogP contribution is 2.34. The lowest BCUT2D eigenvalue weighted by molar-refractivity contribution is 0.150. The number of pyridine rings is 1. The smallest absolute Gasteiger partial charge is 0.0694 e. The average Bonchev–Trinajstić information content (AvgIpc) is 2.41. The first-order chi connectivity index (χ1) is 8.28. The number of nitriles is 1. The van der Waals surface area contributed by atoms with Crippen molar-refractivity contribution in [1.29, 1.82) is 5.26 Å². The third-order valence-electron chi connectivity index (χ3n) is 3.79. The molecule has 1 aromatic heterocycles. The van der Waals surface area contributed by atoms with Crippen LogP contribution in [0.25, 0.3) is 0 Å². The van der Waals surface area contributed by atoms with E-state index in [1.165, 1.54) is 5.56 Å². The van der Waals surface area contributed by atoms with E-state index in [0.717, 1.165) is 38.9 Å². The van der Waals surface area contributed by atoms with Gasteiger partial charge in [-0.05, 0) is 56.6 Å². The highest BCUT2D eigenvalue weighted by atomic mass is 15.1. The summed E-state index contributed by atoms with van der Waals surface area (Å²) in [6, 6.07) is 6.60. The summed E-state index contributed by atoms with van der Waals surface area (Å²) in [5.74, 6) is 0. The molecule has 1 aliphatic heterocycles. The largest absolute Gasteiger partial charge is 0.303 e. The molecule has 0 atom stereocenters. The lowest BCUT2D eigenvalue weighted by atomic mass is 9.75. The highest BCUT2D eigenvalue weighted by Gasteiger charge is 2.34. The van der Waals surface area contributed by atoms with Crippen molar-refractivity contribution < 1.29 is 0 Å². The molecule has 2 heterocycles. The molecule has 2 rings (SSSR count). The quantitative estimate of drug-likeness (QED) is 0.798. The van der Waals surface area contributed by atoms with Gasteiger partial charge < -0.3 is 4.90 Å². The second-order valence-corrected chi connectivity index (χ2v) is 4.86. The fourth-order valence-corrected chi connectivity index (χ4v) is 2.52. The lowest BCUT2D eigenvalue weighted by Crippen LogP contribution is -2.40. The van der Waals surface area contributed by atoms with Crippen molar-refractivity contribution in [3.8, 4) is 6.07 Å². The molecular weight excluding hydrogens is 210 g/mol. The van der Waals surface area contributed by atoms with E-state index < -0.39 is 0 Å². The van der Waals surface area contributed by atoms with E-state index in [2.05, 4.69) is 22.9 Å². The fraction of sp³-hybridized carbons (Fsp3) is 0.571. The van der Waals surface area contributed by atoms with Crippen molar-refractivity contribution in [2.24, 2.45) is 5.41 Å². The molecule has 1 fully saturated rings. The molecule has 17 heavy (non-hydrogen) atoms. The molecule has 1 aliphatic rings. The maximum Gasteiger partial charge on any atom is 0.0694 e. The number of nitrogens with zero attached hydrogens (tertiary/aromatic N) is 3. The standard InChI is InChI=1S/C14H19N3/c1-2-17-9-5-14(12-15,6-10-17)11-13-3-7-16-8-4-13/h3-4,7-8H,2,5-6,9-11H2,1H3. The van der Waals surface area contributed by atoms with E-state index >= 15 is 0 Å². The molecule has 0 saturated carbocycles. The van der Waals surface area contributed by atoms with Crippen molar-refractivity contribution in [2.75, 3.05) is 19.6 Å². The maximum atomic E-state index is 9.48. The Morgan fingerprint density at radius 3 is 2.53 bits per heavy atom. The van der Waals surface area contributed by atoms with Crippen LogP contribution in [0.15, 0.2) is 24.5 Å². The molecule has 0 amide bonds. The van der Waals surface area contributed by atoms with Crippen molar-refractivity contribution in [2.45, 2.75) is 26.2 Å². The van der Waals surface area contributed by atoms with Gasteiger partial charge in [0.15, 0.2) is 0 Å². The van der Waals surface area contributed by atoms with Crippen molar-refractivity contribution in [3.63, 3.8) is 0 Å². The lowest BCUT2D eigenvalue weighted by Gasteiger charge is -2.36. The van der Waals surface area contributed by atoms with Gasteiger partial charge in [-0.3, -0.25) is 4.98 Å². The number of piperidine rings is 1. The van der Waals surface area contributed by atoms with Crippen LogP contribution in [0.1, 0.15) is 25.3 Å². The molecule has 0 N–H and O–H groups in total. The molecule has 90 valence electrons. The molecule has 1 aromatic rings. The van der Waals surface area contributed by atoms with Crippen LogP contribution < -0.4 is 0 Å². The monoisotopic (exact) mass is 229 g/mol. The van der Waals surface area contributed by atoms with Gasteiger partial charge in [-0.2, -0.15) is 5.26 Å². The fourth-order valence-electron chi connectivity index (χ4n) is 2.52. The molecule has 0 unspecified atom stereocenters. The minimum Gasteiger partial charge on any atom is -0.303 e. The molecule has 1 saturated heterocycles. The first kappa shape index (κ1) is 12.1. The number of aromatic nitrogens is 1. The number of hydrogen-bond donors (Lipinski definition) is 0. The zero-order valence-electron chi connectivity index (χ0n) is 10.4. The van der Waals surface area contributed by atoms with Gasteiger partial charge in [0.25, 0.3) is 0 Å². The topological polar surface area (TPSA) is 39.9 Å². The summed E-state index contributed by atoms with van der Waals surface area (Å²) in [5, 5.41) is 9.48. The molecule has 0 bridgehead atoms. The Morgan fingerprint density at radius 2 is 2.00 bits per heavy atom. The van der Waals surface area contributed by atoms with Crippen LogP contribution in [0.2, 0.25) is 0 Å². The molecule has 0 aromatic carbocycles. The molecule has 0 radical (unpaired) electrons. The van der Waals surface area contributed by atoms with Crippen LogP contribution in [0.5, 0.6) is 0 Å². The van der Waals surface area contributed by atoms with Crippen molar-refractivity contribution in [1.82, 2.24) is 9.88 Å². The maximum absolute atomic E-state index is 9.48. The van der Waals surface area contributed by atoms with Crippen LogP contribution >= 0.6 is 0 Å². The van der Waals surface area contributed by atoms with Crippen LogP contribution in [0, 0.1) is 16.7 Å². The van der Waals surface area contributed by atoms with Gasteiger partial charge in [0, 0.05) is 12.4 Å². The van der Waals surface area contributed by atoms with Gasteiger partial charge in [0.2, 0.25) is 0 Å². The Hall–Kier alpha value is -1.40. The van der Waals surface area contributed by atoms with E-state index in [0.29, 0.717) is 0 Å². The summed E-state index contributed by atoms with van der Waals surface area (Å²) in [7, 11) is 0. The number of likely N-dealkylation sites (tertiary alicyclic amines) is 1. The Bertz CT molecular complexity index is 386. The second kappa shape index (κ2) is 5.29. The van der Waals surface area contributed by atoms with Gasteiger partial charge in [-0.15, -0.1) is 0 Å². The molecule has 0 aliphatic carbocycles. The van der Waals surface area contributed by atoms with Crippen molar-refractivity contribution >= 4 is 0 Å². The molecule has 0 spiro atoms. The van der Waals surface area contributed by atoms with E-state index in [1.807, 2.05) is 24.5 Å². The number of hydrogen-bond acceptors (Lipinski definition) is 3. The van der Waals surface area contributed by atoms with Crippen LogP contribution in [0.3, 0.4) is 0 Å². The predicted octanol–water partition coefficient (Wildman–Crippen LogP) is 2.25. The second-order valence-electron chi connectivity index (χ2n) is 4.86. The van der Waals surface area contributed by atoms with Gasteiger partial charge >= 0.3 is 0 Å². The summed E-state index contributed by atoms with van der Waals surface area (Å²) in [6.07, 6.45) is 6.45. The molecule has 3 heteroatoms. The van der Waals surface area contributed by atoms with Crippen LogP contribution in [0.4, 0.5) is 0 Å². The van der Waals surface area contributed by atoms with E-state index in [1.54, 1.807) is 0 Å². The summed E-state index contributed by atoms with van der Waals surface area (Å²) in [6.45, 7) is 5.38. The Labute approximate surface area is 103 Å². The summed E-state index contributed by atoms with van der Waals surface area (Å²) in [4.78, 5) is 6.44. The molecule has 3 nitrogen and oxygen atoms in total. The minimum atomic E-state index is -0.160. The van der Waals surface area contributed by atoms with Gasteiger partial charge in [-0.25, -0.2) is 0 Å². The minimum absolute atomic E-state index is 0.160. The van der Waals surface area contributed by atoms with E-state index in [-0.39, 0.29) is 5.41 Å². The third-order valence-corrected chi connectivity index (χ3v) is 3.79. The zero-order chi connectivity index (χ0) is 12.1. The Morgan fingerprint density at radius 1 is 1.35 bits per heavy atom. The zero-order valence-corrected chi connectivity index (χ0v) is 10.4. The van der Waals surface area contributed by atoms with E-state index in [4.69, 9.17) is 0 Å². The highest BCUT2D eigenvalue weighted by molar-refractivity contribution is 5.17.